The topological polar surface area (TPSA) is 77.3 Å². The first-order chi connectivity index (χ1) is 13.0. The van der Waals surface area contributed by atoms with Crippen molar-refractivity contribution in [1.29, 1.82) is 0 Å². The summed E-state index contributed by atoms with van der Waals surface area (Å²) in [5.74, 6) is 0.444. The molecule has 2 heterocycles. The Kier molecular flexibility index (Phi) is 5.85. The summed E-state index contributed by atoms with van der Waals surface area (Å²) in [4.78, 5) is 34.5. The number of hydrogen-bond donors (Lipinski definition) is 0. The maximum Gasteiger partial charge on any atom is 0.326 e. The molecule has 0 atom stereocenters. The molecule has 0 aliphatic carbocycles. The van der Waals surface area contributed by atoms with Gasteiger partial charge < -0.3 is 9.30 Å². The summed E-state index contributed by atoms with van der Waals surface area (Å²) in [5.41, 5.74) is 2.42. The van der Waals surface area contributed by atoms with Crippen molar-refractivity contribution in [1.82, 2.24) is 14.5 Å². The first-order valence-corrected chi connectivity index (χ1v) is 9.73. The fourth-order valence-electron chi connectivity index (χ4n) is 2.88. The van der Waals surface area contributed by atoms with Crippen LogP contribution in [0.15, 0.2) is 29.6 Å². The number of ether oxygens (including phenoxy) is 1. The zero-order valence-corrected chi connectivity index (χ0v) is 16.5. The molecule has 1 aromatic carbocycles. The van der Waals surface area contributed by atoms with Gasteiger partial charge in [-0.25, -0.2) is 9.97 Å². The monoisotopic (exact) mass is 386 g/mol. The van der Waals surface area contributed by atoms with E-state index < -0.39 is 0 Å². The number of para-hydroxylation sites is 2. The van der Waals surface area contributed by atoms with Gasteiger partial charge in [0, 0.05) is 25.3 Å². The second-order valence-electron chi connectivity index (χ2n) is 6.00. The number of hydrogen-bond acceptors (Lipinski definition) is 6. The second-order valence-corrected chi connectivity index (χ2v) is 6.84. The molecule has 0 fully saturated rings. The van der Waals surface area contributed by atoms with E-state index in [1.54, 1.807) is 10.3 Å². The summed E-state index contributed by atoms with van der Waals surface area (Å²) in [7, 11) is 0. The summed E-state index contributed by atoms with van der Waals surface area (Å²) in [5, 5.41) is 2.42. The minimum atomic E-state index is -0.346. The number of rotatable bonds is 7. The minimum Gasteiger partial charge on any atom is -0.458 e. The van der Waals surface area contributed by atoms with E-state index in [0.29, 0.717) is 17.4 Å². The zero-order valence-electron chi connectivity index (χ0n) is 15.6. The third-order valence-electron chi connectivity index (χ3n) is 4.18. The van der Waals surface area contributed by atoms with Crippen LogP contribution in [0.5, 0.6) is 0 Å². The molecule has 0 bridgehead atoms. The first kappa shape index (κ1) is 19.0. The molecule has 142 valence electrons. The largest absolute Gasteiger partial charge is 0.458 e. The van der Waals surface area contributed by atoms with Crippen LogP contribution in [0.3, 0.4) is 0 Å². The molecule has 0 aliphatic rings. The van der Waals surface area contributed by atoms with Gasteiger partial charge in [-0.05, 0) is 19.1 Å². The Balaban J connectivity index is 1.66. The van der Waals surface area contributed by atoms with E-state index in [2.05, 4.69) is 9.97 Å². The SMILES string of the molecule is CCc1nc2ccccc2n1CC(=O)OCc1csc(N(CC)C(C)=O)n1. The zero-order chi connectivity index (χ0) is 19.4. The van der Waals surface area contributed by atoms with Gasteiger partial charge in [-0.3, -0.25) is 14.5 Å². The highest BCUT2D eigenvalue weighted by Crippen LogP contribution is 2.21. The quantitative estimate of drug-likeness (QED) is 0.583. The molecular weight excluding hydrogens is 364 g/mol. The number of aromatic nitrogens is 3. The molecule has 0 saturated carbocycles. The molecule has 0 saturated heterocycles. The van der Waals surface area contributed by atoms with Crippen molar-refractivity contribution in [2.45, 2.75) is 40.3 Å². The van der Waals surface area contributed by atoms with Crippen LogP contribution in [-0.4, -0.2) is 33.0 Å². The maximum absolute atomic E-state index is 12.3. The average molecular weight is 386 g/mol. The van der Waals surface area contributed by atoms with Crippen LogP contribution in [0.25, 0.3) is 11.0 Å². The molecule has 0 aliphatic heterocycles. The Morgan fingerprint density at radius 1 is 1.22 bits per heavy atom. The van der Waals surface area contributed by atoms with E-state index in [9.17, 15) is 9.59 Å². The number of aryl methyl sites for hydroxylation is 1. The Bertz CT molecular complexity index is 963. The molecule has 2 aromatic heterocycles. The standard InChI is InChI=1S/C19H22N4O3S/c1-4-17-21-15-8-6-7-9-16(15)23(17)10-18(25)26-11-14-12-27-19(20-14)22(5-2)13(3)24/h6-9,12H,4-5,10-11H2,1-3H3. The summed E-state index contributed by atoms with van der Waals surface area (Å²) >= 11 is 1.36. The van der Waals surface area contributed by atoms with Gasteiger partial charge >= 0.3 is 5.97 Å². The highest BCUT2D eigenvalue weighted by molar-refractivity contribution is 7.14. The number of benzene rings is 1. The van der Waals surface area contributed by atoms with Crippen molar-refractivity contribution in [3.8, 4) is 0 Å². The molecule has 0 unspecified atom stereocenters. The minimum absolute atomic E-state index is 0.0607. The summed E-state index contributed by atoms with van der Waals surface area (Å²) < 4.78 is 7.28. The lowest BCUT2D eigenvalue weighted by Gasteiger charge is -2.14. The molecule has 3 rings (SSSR count). The lowest BCUT2D eigenvalue weighted by atomic mass is 10.3. The summed E-state index contributed by atoms with van der Waals surface area (Å²) in [6, 6.07) is 7.73. The highest BCUT2D eigenvalue weighted by atomic mass is 32.1. The van der Waals surface area contributed by atoms with Gasteiger partial charge in [-0.15, -0.1) is 11.3 Å². The lowest BCUT2D eigenvalue weighted by molar-refractivity contribution is -0.145. The molecule has 3 aromatic rings. The van der Waals surface area contributed by atoms with Crippen LogP contribution in [0, 0.1) is 0 Å². The molecule has 7 nitrogen and oxygen atoms in total. The van der Waals surface area contributed by atoms with Crippen molar-refractivity contribution >= 4 is 39.4 Å². The Labute approximate surface area is 161 Å². The van der Waals surface area contributed by atoms with Gasteiger partial charge in [-0.1, -0.05) is 19.1 Å². The van der Waals surface area contributed by atoms with E-state index in [4.69, 9.17) is 4.74 Å². The van der Waals surface area contributed by atoms with E-state index in [0.717, 1.165) is 23.3 Å². The van der Waals surface area contributed by atoms with Crippen molar-refractivity contribution in [3.05, 3.63) is 41.2 Å². The van der Waals surface area contributed by atoms with Gasteiger partial charge in [0.05, 0.1) is 16.7 Å². The molecule has 0 N–H and O–H groups in total. The van der Waals surface area contributed by atoms with Crippen LogP contribution in [0.1, 0.15) is 32.3 Å². The number of fused-ring (bicyclic) bond motifs is 1. The van der Waals surface area contributed by atoms with E-state index in [-0.39, 0.29) is 25.0 Å². The number of nitrogens with zero attached hydrogens (tertiary/aromatic N) is 4. The number of carbonyl (C=O) groups is 2. The fourth-order valence-corrected chi connectivity index (χ4v) is 3.80. The number of esters is 1. The van der Waals surface area contributed by atoms with Crippen molar-refractivity contribution < 1.29 is 14.3 Å². The molecular formula is C19H22N4O3S. The summed E-state index contributed by atoms with van der Waals surface area (Å²) in [6.45, 7) is 6.15. The third kappa shape index (κ3) is 4.16. The van der Waals surface area contributed by atoms with Gasteiger partial charge in [0.2, 0.25) is 5.91 Å². The number of carbonyl (C=O) groups excluding carboxylic acids is 2. The Morgan fingerprint density at radius 3 is 2.70 bits per heavy atom. The van der Waals surface area contributed by atoms with Crippen LogP contribution in [0.2, 0.25) is 0 Å². The maximum atomic E-state index is 12.3. The molecule has 0 radical (unpaired) electrons. The fraction of sp³-hybridized carbons (Fsp3) is 0.368. The number of imidazole rings is 1. The van der Waals surface area contributed by atoms with Gasteiger partial charge in [0.25, 0.3) is 0 Å². The normalized spacial score (nSPS) is 10.9. The van der Waals surface area contributed by atoms with Crippen molar-refractivity contribution in [3.63, 3.8) is 0 Å². The second kappa shape index (κ2) is 8.30. The number of thiazole rings is 1. The molecule has 1 amide bonds. The number of amides is 1. The first-order valence-electron chi connectivity index (χ1n) is 8.85. The van der Waals surface area contributed by atoms with Crippen molar-refractivity contribution in [2.75, 3.05) is 11.4 Å². The smallest absolute Gasteiger partial charge is 0.326 e. The van der Waals surface area contributed by atoms with Gasteiger partial charge in [-0.2, -0.15) is 0 Å². The lowest BCUT2D eigenvalue weighted by Crippen LogP contribution is -2.27. The predicted octanol–water partition coefficient (Wildman–Crippen LogP) is 3.17. The van der Waals surface area contributed by atoms with E-state index in [1.165, 1.54) is 18.3 Å². The van der Waals surface area contributed by atoms with E-state index >= 15 is 0 Å². The average Bonchev–Trinajstić information content (AvgIpc) is 3.25. The highest BCUT2D eigenvalue weighted by Gasteiger charge is 2.16. The predicted molar refractivity (Wildman–Crippen MR) is 105 cm³/mol. The van der Waals surface area contributed by atoms with Crippen LogP contribution in [-0.2, 0) is 33.9 Å². The van der Waals surface area contributed by atoms with Crippen LogP contribution >= 0.6 is 11.3 Å². The molecule has 27 heavy (non-hydrogen) atoms. The van der Waals surface area contributed by atoms with Crippen molar-refractivity contribution in [2.24, 2.45) is 0 Å². The summed E-state index contributed by atoms with van der Waals surface area (Å²) in [6.07, 6.45) is 0.731. The Morgan fingerprint density at radius 2 is 2.00 bits per heavy atom. The Hall–Kier alpha value is -2.74. The molecule has 0 spiro atoms. The molecule has 8 heteroatoms. The van der Waals surface area contributed by atoms with Crippen LogP contribution in [0.4, 0.5) is 5.13 Å². The van der Waals surface area contributed by atoms with E-state index in [1.807, 2.05) is 42.7 Å². The number of anilines is 1. The van der Waals surface area contributed by atoms with Gasteiger partial charge in [0.15, 0.2) is 5.13 Å². The third-order valence-corrected chi connectivity index (χ3v) is 5.10. The van der Waals surface area contributed by atoms with Gasteiger partial charge in [0.1, 0.15) is 19.0 Å². The van der Waals surface area contributed by atoms with Crippen LogP contribution < -0.4 is 4.90 Å².